The van der Waals surface area contributed by atoms with Crippen LogP contribution < -0.4 is 5.46 Å². The molecule has 3 atom stereocenters. The molecular weight excluding hydrogens is 545 g/mol. The van der Waals surface area contributed by atoms with E-state index in [0.29, 0.717) is 50.6 Å². The number of amides is 3. The Bertz CT molecular complexity index is 1230. The first kappa shape index (κ1) is 30.7. The average Bonchev–Trinajstić information content (AvgIpc) is 3.26. The number of urea groups is 1. The number of ether oxygens (including phenoxy) is 2. The minimum atomic E-state index is -0.613. The van der Waals surface area contributed by atoms with Crippen molar-refractivity contribution in [1.82, 2.24) is 14.7 Å². The van der Waals surface area contributed by atoms with E-state index in [0.717, 1.165) is 36.1 Å². The molecule has 9 nitrogen and oxygen atoms in total. The van der Waals surface area contributed by atoms with E-state index in [-0.39, 0.29) is 18.2 Å². The minimum absolute atomic E-state index is 0.138. The maximum Gasteiger partial charge on any atom is 0.494 e. The number of rotatable bonds is 2. The third-order valence-electron chi connectivity index (χ3n) is 10.9. The lowest BCUT2D eigenvalue weighted by Crippen LogP contribution is -2.52. The molecule has 2 bridgehead atoms. The van der Waals surface area contributed by atoms with Crippen LogP contribution in [0.1, 0.15) is 91.0 Å². The molecular formula is C33H50BN3O6. The number of nitrogens with zero attached hydrogens (tertiary/aromatic N) is 3. The van der Waals surface area contributed by atoms with Gasteiger partial charge in [0, 0.05) is 32.7 Å². The largest absolute Gasteiger partial charge is 0.494 e. The highest BCUT2D eigenvalue weighted by molar-refractivity contribution is 6.62. The second-order valence-corrected chi connectivity index (χ2v) is 15.4. The van der Waals surface area contributed by atoms with E-state index in [2.05, 4.69) is 51.7 Å². The van der Waals surface area contributed by atoms with Gasteiger partial charge in [0.05, 0.1) is 30.5 Å². The molecule has 4 aliphatic heterocycles. The molecule has 1 aromatic carbocycles. The molecule has 1 saturated carbocycles. The van der Waals surface area contributed by atoms with Crippen molar-refractivity contribution in [2.75, 3.05) is 39.4 Å². The third kappa shape index (κ3) is 5.79. The zero-order chi connectivity index (χ0) is 30.9. The van der Waals surface area contributed by atoms with Gasteiger partial charge >= 0.3 is 19.2 Å². The van der Waals surface area contributed by atoms with Gasteiger partial charge in [-0.25, -0.2) is 9.59 Å². The van der Waals surface area contributed by atoms with Crippen LogP contribution in [0.2, 0.25) is 0 Å². The number of hydrogen-bond donors (Lipinski definition) is 0. The van der Waals surface area contributed by atoms with Gasteiger partial charge in [-0.05, 0) is 108 Å². The highest BCUT2D eigenvalue weighted by Gasteiger charge is 2.52. The Morgan fingerprint density at radius 2 is 1.63 bits per heavy atom. The van der Waals surface area contributed by atoms with Gasteiger partial charge in [-0.1, -0.05) is 19.1 Å². The molecule has 0 radical (unpaired) electrons. The lowest BCUT2D eigenvalue weighted by molar-refractivity contribution is -0.0334. The van der Waals surface area contributed by atoms with E-state index in [1.165, 1.54) is 18.4 Å². The number of carbonyl (C=O) groups is 2. The Hall–Kier alpha value is -2.30. The second-order valence-electron chi connectivity index (χ2n) is 15.4. The predicted molar refractivity (Wildman–Crippen MR) is 165 cm³/mol. The molecule has 6 rings (SSSR count). The summed E-state index contributed by atoms with van der Waals surface area (Å²) in [4.78, 5) is 33.3. The maximum absolute atomic E-state index is 13.9. The van der Waals surface area contributed by atoms with Crippen molar-refractivity contribution in [3.8, 4) is 0 Å². The third-order valence-corrected chi connectivity index (χ3v) is 10.9. The first-order valence-corrected chi connectivity index (χ1v) is 16.3. The van der Waals surface area contributed by atoms with E-state index in [9.17, 15) is 9.59 Å². The van der Waals surface area contributed by atoms with Crippen LogP contribution in [0.25, 0.3) is 0 Å². The Labute approximate surface area is 257 Å². The zero-order valence-corrected chi connectivity index (χ0v) is 27.4. The molecule has 10 heteroatoms. The summed E-state index contributed by atoms with van der Waals surface area (Å²) < 4.78 is 24.8. The minimum Gasteiger partial charge on any atom is -0.444 e. The summed E-state index contributed by atoms with van der Waals surface area (Å²) in [5.74, 6) is 1.93. The lowest BCUT2D eigenvalue weighted by atomic mass is 9.74. The van der Waals surface area contributed by atoms with Crippen LogP contribution in [0, 0.1) is 17.8 Å². The summed E-state index contributed by atoms with van der Waals surface area (Å²) in [6.45, 7) is 20.4. The first-order valence-electron chi connectivity index (χ1n) is 16.3. The van der Waals surface area contributed by atoms with Gasteiger partial charge in [-0.3, -0.25) is 4.90 Å². The van der Waals surface area contributed by atoms with Gasteiger partial charge < -0.3 is 28.6 Å². The first-order chi connectivity index (χ1) is 20.1. The van der Waals surface area contributed by atoms with Gasteiger partial charge in [0.15, 0.2) is 0 Å². The van der Waals surface area contributed by atoms with Crippen molar-refractivity contribution in [3.63, 3.8) is 0 Å². The fourth-order valence-corrected chi connectivity index (χ4v) is 7.55. The molecule has 1 aromatic rings. The van der Waals surface area contributed by atoms with Crippen LogP contribution in [0.4, 0.5) is 9.59 Å². The van der Waals surface area contributed by atoms with Crippen molar-refractivity contribution in [2.24, 2.45) is 17.8 Å². The quantitative estimate of drug-likeness (QED) is 0.460. The van der Waals surface area contributed by atoms with Crippen molar-refractivity contribution in [3.05, 3.63) is 28.8 Å². The molecule has 3 amide bonds. The summed E-state index contributed by atoms with van der Waals surface area (Å²) in [6, 6.07) is 4.10. The highest BCUT2D eigenvalue weighted by atomic mass is 16.7. The number of morpholine rings is 1. The Kier molecular flexibility index (Phi) is 7.82. The molecule has 4 fully saturated rings. The molecule has 236 valence electrons. The molecule has 5 aliphatic rings. The van der Waals surface area contributed by atoms with E-state index in [1.807, 2.05) is 25.7 Å². The Morgan fingerprint density at radius 3 is 2.26 bits per heavy atom. The number of carbonyl (C=O) groups excluding carboxylic acids is 2. The Morgan fingerprint density at radius 1 is 0.977 bits per heavy atom. The van der Waals surface area contributed by atoms with Gasteiger partial charge in [0.1, 0.15) is 5.60 Å². The van der Waals surface area contributed by atoms with Gasteiger partial charge in [0.2, 0.25) is 0 Å². The number of benzene rings is 1. The van der Waals surface area contributed by atoms with Crippen molar-refractivity contribution < 1.29 is 28.4 Å². The monoisotopic (exact) mass is 595 g/mol. The van der Waals surface area contributed by atoms with E-state index >= 15 is 0 Å². The normalized spacial score (nSPS) is 30.0. The van der Waals surface area contributed by atoms with Crippen LogP contribution in [0.15, 0.2) is 12.1 Å². The van der Waals surface area contributed by atoms with E-state index in [1.54, 1.807) is 4.90 Å². The van der Waals surface area contributed by atoms with Crippen LogP contribution in [-0.4, -0.2) is 90.1 Å². The van der Waals surface area contributed by atoms with Crippen LogP contribution in [0.3, 0.4) is 0 Å². The fraction of sp³-hybridized carbons (Fsp3) is 0.758. The van der Waals surface area contributed by atoms with Crippen molar-refractivity contribution >= 4 is 24.7 Å². The van der Waals surface area contributed by atoms with Crippen LogP contribution >= 0.6 is 0 Å². The van der Waals surface area contributed by atoms with Crippen LogP contribution in [0.5, 0.6) is 0 Å². The molecule has 4 heterocycles. The second kappa shape index (κ2) is 10.9. The molecule has 1 aliphatic carbocycles. The zero-order valence-electron chi connectivity index (χ0n) is 27.4. The molecule has 43 heavy (non-hydrogen) atoms. The van der Waals surface area contributed by atoms with Gasteiger partial charge in [-0.15, -0.1) is 0 Å². The Balaban J connectivity index is 1.34. The van der Waals surface area contributed by atoms with Crippen molar-refractivity contribution in [1.29, 1.82) is 0 Å². The molecule has 0 N–H and O–H groups in total. The standard InChI is InChI=1S/C33H50BN3O6/c1-21-23-9-10-24(21)18-36(17-23)29(38)35-12-11-22-15-25(34-42-32(5,6)33(7,8)43-34)16-26(27(22)19-35)28-20-40-14-13-37(28)30(39)41-31(2,3)4/h15-16,21,23-24,28H,9-14,17-20H2,1-8H3/t21?,23?,24?,28-/m0/s1. The molecule has 0 aromatic heterocycles. The summed E-state index contributed by atoms with van der Waals surface area (Å²) in [6.07, 6.45) is 2.84. The predicted octanol–water partition coefficient (Wildman–Crippen LogP) is 4.75. The smallest absolute Gasteiger partial charge is 0.444 e. The number of likely N-dealkylation sites (tertiary alicyclic amines) is 1. The summed E-state index contributed by atoms with van der Waals surface area (Å²) >= 11 is 0. The van der Waals surface area contributed by atoms with Crippen LogP contribution in [-0.2, 0) is 31.7 Å². The van der Waals surface area contributed by atoms with Gasteiger partial charge in [0.25, 0.3) is 0 Å². The van der Waals surface area contributed by atoms with Gasteiger partial charge in [-0.2, -0.15) is 0 Å². The molecule has 0 spiro atoms. The topological polar surface area (TPSA) is 80.8 Å². The summed E-state index contributed by atoms with van der Waals surface area (Å²) in [7, 11) is -0.529. The van der Waals surface area contributed by atoms with E-state index < -0.39 is 23.9 Å². The SMILES string of the molecule is CC1C2CCC1CN(C(=O)N1CCc3cc(B4OC(C)(C)C(C)(C)O4)cc([C@@H]4COCCN4C(=O)OC(C)(C)C)c3C1)C2. The number of piperidine rings is 1. The summed E-state index contributed by atoms with van der Waals surface area (Å²) in [5, 5.41) is 0. The molecule has 3 saturated heterocycles. The lowest BCUT2D eigenvalue weighted by Gasteiger charge is -2.42. The van der Waals surface area contributed by atoms with Crippen molar-refractivity contribution in [2.45, 2.75) is 104 Å². The number of fused-ring (bicyclic) bond motifs is 3. The highest BCUT2D eigenvalue weighted by Crippen LogP contribution is 2.42. The average molecular weight is 596 g/mol. The summed E-state index contributed by atoms with van der Waals surface area (Å²) in [5.41, 5.74) is 2.63. The fourth-order valence-electron chi connectivity index (χ4n) is 7.55. The number of hydrogen-bond acceptors (Lipinski definition) is 6. The molecule has 2 unspecified atom stereocenters. The maximum atomic E-state index is 13.9. The van der Waals surface area contributed by atoms with E-state index in [4.69, 9.17) is 18.8 Å².